The maximum absolute atomic E-state index is 11.7. The van der Waals surface area contributed by atoms with Crippen molar-refractivity contribution >= 4 is 12.9 Å². The first-order valence-corrected chi connectivity index (χ1v) is 5.91. The summed E-state index contributed by atoms with van der Waals surface area (Å²) in [6.07, 6.45) is 1.55. The molecule has 0 bridgehead atoms. The molecule has 0 saturated heterocycles. The lowest BCUT2D eigenvalue weighted by molar-refractivity contribution is -0.469. The highest BCUT2D eigenvalue weighted by atomic mass is 16.5. The van der Waals surface area contributed by atoms with Gasteiger partial charge in [-0.05, 0) is 36.4 Å². The fraction of sp³-hybridized carbons (Fsp3) is 0.0667. The molecule has 0 saturated carbocycles. The van der Waals surface area contributed by atoms with E-state index in [1.54, 1.807) is 30.5 Å². The molecule has 5 nitrogen and oxygen atoms in total. The summed E-state index contributed by atoms with van der Waals surface area (Å²) >= 11 is 0. The van der Waals surface area contributed by atoms with Crippen LogP contribution in [0.2, 0.25) is 0 Å². The second kappa shape index (κ2) is 8.31. The van der Waals surface area contributed by atoms with Crippen LogP contribution < -0.4 is 5.16 Å². The molecule has 0 unspecified atom stereocenters. The van der Waals surface area contributed by atoms with Crippen LogP contribution in [0.5, 0.6) is 5.75 Å². The molecule has 0 aliphatic rings. The van der Waals surface area contributed by atoms with Gasteiger partial charge in [0.2, 0.25) is 0 Å². The maximum Gasteiger partial charge on any atom is 0.182 e. The fourth-order valence-electron chi connectivity index (χ4n) is 1.53. The van der Waals surface area contributed by atoms with E-state index in [0.717, 1.165) is 15.9 Å². The third-order valence-corrected chi connectivity index (χ3v) is 2.37. The highest BCUT2D eigenvalue weighted by Gasteiger charge is 1.99. The number of hydrogen-bond donors (Lipinski definition) is 2. The lowest BCUT2D eigenvalue weighted by atomic mass is 10.2. The van der Waals surface area contributed by atoms with E-state index in [-0.39, 0.29) is 12.3 Å². The van der Waals surface area contributed by atoms with Crippen molar-refractivity contribution in [3.8, 4) is 5.75 Å². The van der Waals surface area contributed by atoms with Crippen molar-refractivity contribution in [2.45, 2.75) is 6.54 Å². The summed E-state index contributed by atoms with van der Waals surface area (Å²) in [6, 6.07) is 16.1. The average molecular weight is 272 g/mol. The van der Waals surface area contributed by atoms with Gasteiger partial charge in [0.25, 0.3) is 0 Å². The van der Waals surface area contributed by atoms with Gasteiger partial charge in [-0.3, -0.25) is 0 Å². The minimum atomic E-state index is 0.207. The molecule has 0 aliphatic heterocycles. The van der Waals surface area contributed by atoms with Crippen molar-refractivity contribution in [1.29, 1.82) is 0 Å². The van der Waals surface area contributed by atoms with Gasteiger partial charge in [-0.2, -0.15) is 0 Å². The monoisotopic (exact) mass is 272 g/mol. The van der Waals surface area contributed by atoms with Crippen molar-refractivity contribution in [1.82, 2.24) is 0 Å². The molecular formula is C15H16N2O3. The zero-order valence-electron chi connectivity index (χ0n) is 10.9. The van der Waals surface area contributed by atoms with Gasteiger partial charge in [0.1, 0.15) is 12.5 Å². The number of hydrogen-bond acceptors (Lipinski definition) is 3. The topological polar surface area (TPSA) is 83.3 Å². The first-order valence-electron chi connectivity index (χ1n) is 5.91. The number of hydroxylamine groups is 1. The molecule has 0 amide bonds. The molecule has 2 rings (SSSR count). The Hall–Kier alpha value is -2.82. The molecule has 20 heavy (non-hydrogen) atoms. The van der Waals surface area contributed by atoms with Gasteiger partial charge in [0.15, 0.2) is 12.8 Å². The summed E-state index contributed by atoms with van der Waals surface area (Å²) in [6.45, 7) is 2.95. The molecule has 0 radical (unpaired) electrons. The van der Waals surface area contributed by atoms with Crippen LogP contribution in [0.1, 0.15) is 11.1 Å². The SMILES string of the molecule is C=[NH+][O-].[O-]/[N+](=C/c1ccccc1)Cc1ccc(O)cc1. The minimum absolute atomic E-state index is 0.207. The molecule has 2 aromatic carbocycles. The Labute approximate surface area is 117 Å². The van der Waals surface area contributed by atoms with Gasteiger partial charge in [-0.25, -0.2) is 9.89 Å². The lowest BCUT2D eigenvalue weighted by Crippen LogP contribution is -2.56. The molecule has 104 valence electrons. The van der Waals surface area contributed by atoms with Gasteiger partial charge in [0, 0.05) is 11.1 Å². The molecule has 2 N–H and O–H groups in total. The molecule has 2 aromatic rings. The van der Waals surface area contributed by atoms with Crippen LogP contribution in [-0.4, -0.2) is 22.8 Å². The third kappa shape index (κ3) is 5.68. The van der Waals surface area contributed by atoms with Crippen LogP contribution in [0.4, 0.5) is 0 Å². The van der Waals surface area contributed by atoms with Crippen LogP contribution in [0, 0.1) is 10.4 Å². The maximum atomic E-state index is 11.7. The number of benzene rings is 2. The third-order valence-electron chi connectivity index (χ3n) is 2.37. The lowest BCUT2D eigenvalue weighted by Gasteiger charge is -2.04. The molecule has 0 atom stereocenters. The first-order chi connectivity index (χ1) is 9.65. The number of phenols is 1. The molecule has 0 heterocycles. The van der Waals surface area contributed by atoms with Gasteiger partial charge < -0.3 is 15.5 Å². The predicted molar refractivity (Wildman–Crippen MR) is 78.5 cm³/mol. The number of nitrogens with zero attached hydrogens (tertiary/aromatic N) is 1. The van der Waals surface area contributed by atoms with Crippen LogP contribution in [-0.2, 0) is 6.54 Å². The van der Waals surface area contributed by atoms with E-state index < -0.39 is 0 Å². The minimum Gasteiger partial charge on any atom is -0.626 e. The van der Waals surface area contributed by atoms with Crippen molar-refractivity contribution in [3.05, 3.63) is 76.1 Å². The largest absolute Gasteiger partial charge is 0.626 e. The summed E-state index contributed by atoms with van der Waals surface area (Å²) in [5, 5.41) is 30.6. The number of rotatable bonds is 3. The molecule has 0 fully saturated rings. The fourth-order valence-corrected chi connectivity index (χ4v) is 1.53. The Morgan fingerprint density at radius 1 is 1.10 bits per heavy atom. The quantitative estimate of drug-likeness (QED) is 0.375. The molecule has 0 spiro atoms. The molecule has 0 aliphatic carbocycles. The van der Waals surface area contributed by atoms with Crippen LogP contribution in [0.3, 0.4) is 0 Å². The van der Waals surface area contributed by atoms with Crippen molar-refractivity contribution in [3.63, 3.8) is 0 Å². The van der Waals surface area contributed by atoms with E-state index in [9.17, 15) is 5.21 Å². The van der Waals surface area contributed by atoms with Gasteiger partial charge in [-0.15, -0.1) is 0 Å². The number of nitrogens with one attached hydrogen (secondary N) is 1. The molecular weight excluding hydrogens is 256 g/mol. The zero-order chi connectivity index (χ0) is 14.8. The Morgan fingerprint density at radius 2 is 1.65 bits per heavy atom. The van der Waals surface area contributed by atoms with Crippen LogP contribution >= 0.6 is 0 Å². The highest BCUT2D eigenvalue weighted by Crippen LogP contribution is 2.10. The molecule has 5 heteroatoms. The van der Waals surface area contributed by atoms with Gasteiger partial charge >= 0.3 is 0 Å². The standard InChI is InChI=1S/C14H13NO2.CH3NO/c16-14-8-6-13(7-9-14)11-15(17)10-12-4-2-1-3-5-12;1-2-3/h1-10,16H,11H2;2H,1H2/b15-10+;. The van der Waals surface area contributed by atoms with E-state index in [2.05, 4.69) is 6.72 Å². The second-order valence-corrected chi connectivity index (χ2v) is 3.93. The van der Waals surface area contributed by atoms with Crippen LogP contribution in [0.15, 0.2) is 54.6 Å². The summed E-state index contributed by atoms with van der Waals surface area (Å²) in [7, 11) is 0. The smallest absolute Gasteiger partial charge is 0.182 e. The van der Waals surface area contributed by atoms with E-state index in [1.165, 1.54) is 5.16 Å². The zero-order valence-corrected chi connectivity index (χ0v) is 10.9. The van der Waals surface area contributed by atoms with E-state index in [1.807, 2.05) is 30.3 Å². The van der Waals surface area contributed by atoms with Crippen molar-refractivity contribution in [2.75, 3.05) is 0 Å². The first kappa shape index (κ1) is 15.2. The molecule has 0 aromatic heterocycles. The highest BCUT2D eigenvalue weighted by molar-refractivity contribution is 5.75. The Balaban J connectivity index is 0.000000612. The van der Waals surface area contributed by atoms with Gasteiger partial charge in [-0.1, -0.05) is 18.2 Å². The normalized spacial score (nSPS) is 10.3. The van der Waals surface area contributed by atoms with Crippen molar-refractivity contribution in [2.24, 2.45) is 0 Å². The van der Waals surface area contributed by atoms with E-state index in [0.29, 0.717) is 0 Å². The summed E-state index contributed by atoms with van der Waals surface area (Å²) < 4.78 is 0.877. The Morgan fingerprint density at radius 3 is 2.20 bits per heavy atom. The second-order valence-electron chi connectivity index (χ2n) is 3.93. The summed E-state index contributed by atoms with van der Waals surface area (Å²) in [5.74, 6) is 0.207. The number of phenolic OH excluding ortho intramolecular Hbond substituents is 1. The summed E-state index contributed by atoms with van der Waals surface area (Å²) in [4.78, 5) is 0. The Bertz CT molecular complexity index is 551. The van der Waals surface area contributed by atoms with E-state index >= 15 is 0 Å². The summed E-state index contributed by atoms with van der Waals surface area (Å²) in [5.41, 5.74) is 1.74. The average Bonchev–Trinajstić information content (AvgIpc) is 2.43. The number of aromatic hydroxyl groups is 1. The Kier molecular flexibility index (Phi) is 6.33. The predicted octanol–water partition coefficient (Wildman–Crippen LogP) is 0.787. The van der Waals surface area contributed by atoms with Crippen LogP contribution in [0.25, 0.3) is 0 Å². The van der Waals surface area contributed by atoms with Crippen molar-refractivity contribution < 1.29 is 15.0 Å². The van der Waals surface area contributed by atoms with E-state index in [4.69, 9.17) is 10.3 Å². The van der Waals surface area contributed by atoms with Gasteiger partial charge in [0.05, 0.1) is 0 Å².